The van der Waals surface area contributed by atoms with Gasteiger partial charge in [0.05, 0.1) is 12.8 Å². The van der Waals surface area contributed by atoms with Crippen LogP contribution in [0.4, 0.5) is 0 Å². The molecular weight excluding hydrogens is 328 g/mol. The zero-order valence-electron chi connectivity index (χ0n) is 13.4. The van der Waals surface area contributed by atoms with Gasteiger partial charge in [0.2, 0.25) is 0 Å². The Bertz CT molecular complexity index is 687. The summed E-state index contributed by atoms with van der Waals surface area (Å²) in [7, 11) is 0. The molecule has 1 N–H and O–H groups in total. The summed E-state index contributed by atoms with van der Waals surface area (Å²) in [6.07, 6.45) is 2.47. The molecule has 2 aromatic carbocycles. The summed E-state index contributed by atoms with van der Waals surface area (Å²) in [5, 5.41) is 4.54. The van der Waals surface area contributed by atoms with Crippen LogP contribution in [0.25, 0.3) is 0 Å². The minimum Gasteiger partial charge on any atom is -0.493 e. The normalized spacial score (nSPS) is 10.6. The number of hydrazone groups is 1. The van der Waals surface area contributed by atoms with Crippen LogP contribution >= 0.6 is 11.6 Å². The molecule has 5 nitrogen and oxygen atoms in total. The van der Waals surface area contributed by atoms with E-state index in [0.717, 1.165) is 17.7 Å². The number of ether oxygens (including phenoxy) is 2. The van der Waals surface area contributed by atoms with Gasteiger partial charge in [-0.05, 0) is 42.8 Å². The number of nitrogens with zero attached hydrogens (tertiary/aromatic N) is 1. The summed E-state index contributed by atoms with van der Waals surface area (Å²) in [4.78, 5) is 11.7. The maximum Gasteiger partial charge on any atom is 0.277 e. The van der Waals surface area contributed by atoms with Crippen LogP contribution < -0.4 is 14.9 Å². The number of nitrogens with one attached hydrogen (secondary N) is 1. The molecule has 0 radical (unpaired) electrons. The Morgan fingerprint density at radius 1 is 1.17 bits per heavy atom. The Balaban J connectivity index is 1.82. The summed E-state index contributed by atoms with van der Waals surface area (Å²) in [6.45, 7) is 2.54. The highest BCUT2D eigenvalue weighted by Gasteiger charge is 2.03. The Labute approximate surface area is 146 Å². The Hall–Kier alpha value is -2.53. The molecule has 0 aliphatic heterocycles. The van der Waals surface area contributed by atoms with Crippen LogP contribution in [-0.4, -0.2) is 25.3 Å². The third-order valence-corrected chi connectivity index (χ3v) is 3.21. The lowest BCUT2D eigenvalue weighted by molar-refractivity contribution is -0.123. The molecule has 24 heavy (non-hydrogen) atoms. The van der Waals surface area contributed by atoms with E-state index in [4.69, 9.17) is 21.1 Å². The molecule has 0 aliphatic rings. The topological polar surface area (TPSA) is 59.9 Å². The van der Waals surface area contributed by atoms with Gasteiger partial charge in [-0.15, -0.1) is 0 Å². The van der Waals surface area contributed by atoms with Gasteiger partial charge < -0.3 is 9.47 Å². The average Bonchev–Trinajstić information content (AvgIpc) is 2.60. The number of hydrogen-bond donors (Lipinski definition) is 1. The number of hydrogen-bond acceptors (Lipinski definition) is 4. The fourth-order valence-corrected chi connectivity index (χ4v) is 1.94. The van der Waals surface area contributed by atoms with Gasteiger partial charge in [-0.25, -0.2) is 5.43 Å². The van der Waals surface area contributed by atoms with Crippen molar-refractivity contribution < 1.29 is 14.3 Å². The lowest BCUT2D eigenvalue weighted by atomic mass is 10.2. The Morgan fingerprint density at radius 2 is 1.92 bits per heavy atom. The third kappa shape index (κ3) is 5.93. The number of rotatable bonds is 8. The van der Waals surface area contributed by atoms with Gasteiger partial charge in [0.1, 0.15) is 11.5 Å². The van der Waals surface area contributed by atoms with Crippen LogP contribution in [0.5, 0.6) is 11.5 Å². The molecule has 0 bridgehead atoms. The summed E-state index contributed by atoms with van der Waals surface area (Å²) in [5.41, 5.74) is 3.22. The predicted octanol–water partition coefficient (Wildman–Crippen LogP) is 3.66. The molecular formula is C18H19ClN2O3. The summed E-state index contributed by atoms with van der Waals surface area (Å²) >= 11 is 5.78. The van der Waals surface area contributed by atoms with E-state index in [9.17, 15) is 4.79 Å². The lowest BCUT2D eigenvalue weighted by Gasteiger charge is -2.07. The minimum absolute atomic E-state index is 0.132. The monoisotopic (exact) mass is 346 g/mol. The van der Waals surface area contributed by atoms with Crippen molar-refractivity contribution in [2.24, 2.45) is 5.10 Å². The molecule has 0 saturated carbocycles. The quantitative estimate of drug-likeness (QED) is 0.586. The largest absolute Gasteiger partial charge is 0.493 e. The molecule has 2 aromatic rings. The maximum absolute atomic E-state index is 11.7. The first-order valence-corrected chi connectivity index (χ1v) is 7.99. The number of carbonyl (C=O) groups is 1. The molecule has 0 saturated heterocycles. The average molecular weight is 347 g/mol. The molecule has 0 atom stereocenters. The lowest BCUT2D eigenvalue weighted by Crippen LogP contribution is -2.24. The highest BCUT2D eigenvalue weighted by molar-refractivity contribution is 6.30. The Kier molecular flexibility index (Phi) is 7.11. The van der Waals surface area contributed by atoms with Crippen LogP contribution in [0.1, 0.15) is 18.9 Å². The van der Waals surface area contributed by atoms with E-state index in [2.05, 4.69) is 10.5 Å². The standard InChI is InChI=1S/C18H19ClN2O3/c1-2-11-23-17-6-4-3-5-14(17)12-20-21-18(22)13-24-16-9-7-15(19)8-10-16/h3-10,12H,2,11,13H2,1H3,(H,21,22)/b20-12-. The third-order valence-electron chi connectivity index (χ3n) is 2.96. The van der Waals surface area contributed by atoms with Gasteiger partial charge in [0, 0.05) is 10.6 Å². The van der Waals surface area contributed by atoms with Crippen LogP contribution in [0.2, 0.25) is 5.02 Å². The molecule has 0 fully saturated rings. The highest BCUT2D eigenvalue weighted by atomic mass is 35.5. The van der Waals surface area contributed by atoms with Crippen molar-refractivity contribution in [2.75, 3.05) is 13.2 Å². The van der Waals surface area contributed by atoms with Gasteiger partial charge in [-0.3, -0.25) is 4.79 Å². The van der Waals surface area contributed by atoms with Crippen LogP contribution in [0, 0.1) is 0 Å². The highest BCUT2D eigenvalue weighted by Crippen LogP contribution is 2.16. The summed E-state index contributed by atoms with van der Waals surface area (Å²) in [5.74, 6) is 0.944. The second-order valence-electron chi connectivity index (χ2n) is 4.92. The van der Waals surface area contributed by atoms with E-state index >= 15 is 0 Å². The number of amides is 1. The number of carbonyl (C=O) groups excluding carboxylic acids is 1. The van der Waals surface area contributed by atoms with E-state index in [1.54, 1.807) is 30.5 Å². The maximum atomic E-state index is 11.7. The molecule has 6 heteroatoms. The molecule has 0 unspecified atom stereocenters. The van der Waals surface area contributed by atoms with Crippen molar-refractivity contribution in [1.29, 1.82) is 0 Å². The first-order valence-electron chi connectivity index (χ1n) is 7.61. The summed E-state index contributed by atoms with van der Waals surface area (Å²) in [6, 6.07) is 14.3. The molecule has 0 aromatic heterocycles. The first-order chi connectivity index (χ1) is 11.7. The predicted molar refractivity (Wildman–Crippen MR) is 94.9 cm³/mol. The summed E-state index contributed by atoms with van der Waals surface area (Å²) < 4.78 is 11.0. The van der Waals surface area contributed by atoms with E-state index in [1.165, 1.54) is 0 Å². The van der Waals surface area contributed by atoms with Crippen LogP contribution in [0.3, 0.4) is 0 Å². The zero-order valence-corrected chi connectivity index (χ0v) is 14.1. The van der Waals surface area contributed by atoms with E-state index in [0.29, 0.717) is 17.4 Å². The van der Waals surface area contributed by atoms with E-state index in [-0.39, 0.29) is 12.5 Å². The van der Waals surface area contributed by atoms with Crippen molar-refractivity contribution >= 4 is 23.7 Å². The van der Waals surface area contributed by atoms with Gasteiger partial charge >= 0.3 is 0 Å². The van der Waals surface area contributed by atoms with Crippen molar-refractivity contribution in [2.45, 2.75) is 13.3 Å². The Morgan fingerprint density at radius 3 is 2.67 bits per heavy atom. The molecule has 126 valence electrons. The SMILES string of the molecule is CCCOc1ccccc1/C=N\NC(=O)COc1ccc(Cl)cc1. The number of halogens is 1. The van der Waals surface area contributed by atoms with E-state index < -0.39 is 0 Å². The van der Waals surface area contributed by atoms with Crippen LogP contribution in [-0.2, 0) is 4.79 Å². The molecule has 0 spiro atoms. The smallest absolute Gasteiger partial charge is 0.277 e. The van der Waals surface area contributed by atoms with Gasteiger partial charge in [-0.1, -0.05) is 30.7 Å². The second kappa shape index (κ2) is 9.57. The van der Waals surface area contributed by atoms with Crippen molar-refractivity contribution in [3.05, 3.63) is 59.1 Å². The van der Waals surface area contributed by atoms with Crippen LogP contribution in [0.15, 0.2) is 53.6 Å². The molecule has 0 heterocycles. The van der Waals surface area contributed by atoms with Gasteiger partial charge in [-0.2, -0.15) is 5.10 Å². The number of para-hydroxylation sites is 1. The fourth-order valence-electron chi connectivity index (χ4n) is 1.82. The van der Waals surface area contributed by atoms with Gasteiger partial charge in [0.25, 0.3) is 5.91 Å². The van der Waals surface area contributed by atoms with E-state index in [1.807, 2.05) is 31.2 Å². The molecule has 0 aliphatic carbocycles. The fraction of sp³-hybridized carbons (Fsp3) is 0.222. The van der Waals surface area contributed by atoms with Crippen molar-refractivity contribution in [3.63, 3.8) is 0 Å². The zero-order chi connectivity index (χ0) is 17.2. The second-order valence-corrected chi connectivity index (χ2v) is 5.36. The number of benzene rings is 2. The minimum atomic E-state index is -0.354. The molecule has 2 rings (SSSR count). The first kappa shape index (κ1) is 17.8. The van der Waals surface area contributed by atoms with Gasteiger partial charge in [0.15, 0.2) is 6.61 Å². The van der Waals surface area contributed by atoms with Crippen molar-refractivity contribution in [1.82, 2.24) is 5.43 Å². The molecule has 1 amide bonds. The van der Waals surface area contributed by atoms with Crippen molar-refractivity contribution in [3.8, 4) is 11.5 Å².